The second-order valence-corrected chi connectivity index (χ2v) is 4.70. The minimum atomic E-state index is -0.553. The predicted octanol–water partition coefficient (Wildman–Crippen LogP) is 2.98. The Morgan fingerprint density at radius 1 is 1.47 bits per heavy atom. The van der Waals surface area contributed by atoms with Crippen molar-refractivity contribution in [2.24, 2.45) is 0 Å². The Hall–Kier alpha value is -1.05. The van der Waals surface area contributed by atoms with Crippen LogP contribution in [0.2, 0.25) is 0 Å². The lowest BCUT2D eigenvalue weighted by atomic mass is 10.1. The van der Waals surface area contributed by atoms with Crippen LogP contribution in [0, 0.1) is 24.0 Å². The number of benzene rings is 1. The molecule has 0 aliphatic heterocycles. The molecule has 0 amide bonds. The van der Waals surface area contributed by atoms with E-state index in [1.54, 1.807) is 11.8 Å². The maximum atomic E-state index is 13.4. The van der Waals surface area contributed by atoms with E-state index in [9.17, 15) is 8.78 Å². The third-order valence-corrected chi connectivity index (χ3v) is 3.17. The standard InChI is InChI=1S/C13H15F2NS/c1-3-7-17-8-6-16-10(2)12-5-4-11(14)9-13(12)15/h1,4-5,9-10,16H,6-8H2,2H3. The summed E-state index contributed by atoms with van der Waals surface area (Å²) in [6.07, 6.45) is 5.12. The Kier molecular flexibility index (Phi) is 6.03. The molecule has 92 valence electrons. The van der Waals surface area contributed by atoms with Gasteiger partial charge in [0, 0.05) is 30.0 Å². The summed E-state index contributed by atoms with van der Waals surface area (Å²) in [5.74, 6) is 3.02. The first kappa shape index (κ1) is 14.0. The molecule has 0 bridgehead atoms. The van der Waals surface area contributed by atoms with Crippen LogP contribution in [0.15, 0.2) is 18.2 Å². The lowest BCUT2D eigenvalue weighted by Crippen LogP contribution is -2.22. The second-order valence-electron chi connectivity index (χ2n) is 3.60. The molecule has 17 heavy (non-hydrogen) atoms. The van der Waals surface area contributed by atoms with Gasteiger partial charge in [0.15, 0.2) is 0 Å². The quantitative estimate of drug-likeness (QED) is 0.619. The summed E-state index contributed by atoms with van der Waals surface area (Å²) in [5.41, 5.74) is 0.480. The molecule has 0 aliphatic rings. The van der Waals surface area contributed by atoms with Gasteiger partial charge in [-0.2, -0.15) is 0 Å². The molecule has 1 aromatic rings. The first-order valence-corrected chi connectivity index (χ1v) is 6.50. The van der Waals surface area contributed by atoms with Crippen molar-refractivity contribution in [2.45, 2.75) is 13.0 Å². The van der Waals surface area contributed by atoms with Crippen molar-refractivity contribution in [3.63, 3.8) is 0 Å². The van der Waals surface area contributed by atoms with Crippen LogP contribution < -0.4 is 5.32 Å². The molecule has 1 unspecified atom stereocenters. The summed E-state index contributed by atoms with van der Waals surface area (Å²) in [5, 5.41) is 3.17. The fourth-order valence-electron chi connectivity index (χ4n) is 1.44. The summed E-state index contributed by atoms with van der Waals surface area (Å²) in [4.78, 5) is 0. The van der Waals surface area contributed by atoms with Crippen molar-refractivity contribution in [3.05, 3.63) is 35.4 Å². The van der Waals surface area contributed by atoms with Crippen LogP contribution in [0.25, 0.3) is 0 Å². The number of hydrogen-bond acceptors (Lipinski definition) is 2. The Morgan fingerprint density at radius 2 is 2.24 bits per heavy atom. The summed E-state index contributed by atoms with van der Waals surface area (Å²) in [6.45, 7) is 2.59. The molecule has 0 spiro atoms. The van der Waals surface area contributed by atoms with Crippen LogP contribution in [0.4, 0.5) is 8.78 Å². The van der Waals surface area contributed by atoms with E-state index in [1.807, 2.05) is 6.92 Å². The normalized spacial score (nSPS) is 12.1. The van der Waals surface area contributed by atoms with E-state index in [0.717, 1.165) is 18.4 Å². The molecule has 1 atom stereocenters. The lowest BCUT2D eigenvalue weighted by Gasteiger charge is -2.14. The van der Waals surface area contributed by atoms with E-state index in [0.29, 0.717) is 11.3 Å². The van der Waals surface area contributed by atoms with Crippen LogP contribution >= 0.6 is 11.8 Å². The van der Waals surface area contributed by atoms with Crippen molar-refractivity contribution in [1.82, 2.24) is 5.32 Å². The van der Waals surface area contributed by atoms with Gasteiger partial charge in [-0.1, -0.05) is 12.0 Å². The molecule has 1 rings (SSSR count). The van der Waals surface area contributed by atoms with E-state index in [2.05, 4.69) is 11.2 Å². The van der Waals surface area contributed by atoms with E-state index in [1.165, 1.54) is 12.1 Å². The van der Waals surface area contributed by atoms with Crippen LogP contribution in [-0.2, 0) is 0 Å². The average molecular weight is 255 g/mol. The Labute approximate surface area is 105 Å². The Balaban J connectivity index is 2.42. The highest BCUT2D eigenvalue weighted by atomic mass is 32.2. The molecule has 0 saturated carbocycles. The zero-order chi connectivity index (χ0) is 12.7. The zero-order valence-electron chi connectivity index (χ0n) is 9.67. The third-order valence-electron chi connectivity index (χ3n) is 2.31. The number of thioether (sulfide) groups is 1. The Bertz CT molecular complexity index is 401. The largest absolute Gasteiger partial charge is 0.309 e. The zero-order valence-corrected chi connectivity index (χ0v) is 10.5. The molecule has 1 N–H and O–H groups in total. The van der Waals surface area contributed by atoms with Gasteiger partial charge >= 0.3 is 0 Å². The summed E-state index contributed by atoms with van der Waals surface area (Å²) < 4.78 is 26.1. The van der Waals surface area contributed by atoms with Crippen LogP contribution in [0.5, 0.6) is 0 Å². The van der Waals surface area contributed by atoms with Gasteiger partial charge < -0.3 is 5.32 Å². The van der Waals surface area contributed by atoms with Crippen LogP contribution in [0.3, 0.4) is 0 Å². The summed E-state index contributed by atoms with van der Waals surface area (Å²) in [6, 6.07) is 3.50. The molecule has 0 aliphatic carbocycles. The van der Waals surface area contributed by atoms with Crippen molar-refractivity contribution in [2.75, 3.05) is 18.1 Å². The second kappa shape index (κ2) is 7.31. The molecule has 4 heteroatoms. The molecule has 0 fully saturated rings. The Morgan fingerprint density at radius 3 is 2.88 bits per heavy atom. The van der Waals surface area contributed by atoms with Gasteiger partial charge in [-0.3, -0.25) is 0 Å². The fourth-order valence-corrected chi connectivity index (χ4v) is 1.97. The smallest absolute Gasteiger partial charge is 0.130 e. The number of halogens is 2. The van der Waals surface area contributed by atoms with Crippen molar-refractivity contribution in [1.29, 1.82) is 0 Å². The van der Waals surface area contributed by atoms with Crippen LogP contribution in [-0.4, -0.2) is 18.1 Å². The summed E-state index contributed by atoms with van der Waals surface area (Å²) in [7, 11) is 0. The topological polar surface area (TPSA) is 12.0 Å². The van der Waals surface area contributed by atoms with Crippen molar-refractivity contribution >= 4 is 11.8 Å². The van der Waals surface area contributed by atoms with Crippen molar-refractivity contribution in [3.8, 4) is 12.3 Å². The van der Waals surface area contributed by atoms with E-state index in [-0.39, 0.29) is 6.04 Å². The third kappa shape index (κ3) is 4.76. The average Bonchev–Trinajstić information content (AvgIpc) is 2.28. The molecule has 0 saturated heterocycles. The van der Waals surface area contributed by atoms with Gasteiger partial charge in [-0.05, 0) is 13.0 Å². The molecular formula is C13H15F2NS. The van der Waals surface area contributed by atoms with E-state index >= 15 is 0 Å². The van der Waals surface area contributed by atoms with Crippen molar-refractivity contribution < 1.29 is 8.78 Å². The lowest BCUT2D eigenvalue weighted by molar-refractivity contribution is 0.528. The predicted molar refractivity (Wildman–Crippen MR) is 68.9 cm³/mol. The van der Waals surface area contributed by atoms with Gasteiger partial charge in [-0.25, -0.2) is 8.78 Å². The van der Waals surface area contributed by atoms with Gasteiger partial charge in [-0.15, -0.1) is 18.2 Å². The highest BCUT2D eigenvalue weighted by Gasteiger charge is 2.10. The molecule has 0 aromatic heterocycles. The van der Waals surface area contributed by atoms with Gasteiger partial charge in [0.05, 0.1) is 5.75 Å². The number of rotatable bonds is 6. The van der Waals surface area contributed by atoms with Gasteiger partial charge in [0.2, 0.25) is 0 Å². The molecule has 1 nitrogen and oxygen atoms in total. The van der Waals surface area contributed by atoms with E-state index < -0.39 is 11.6 Å². The number of nitrogens with one attached hydrogen (secondary N) is 1. The highest BCUT2D eigenvalue weighted by Crippen LogP contribution is 2.17. The number of terminal acetylenes is 1. The van der Waals surface area contributed by atoms with Gasteiger partial charge in [0.1, 0.15) is 11.6 Å². The molecule has 0 heterocycles. The maximum absolute atomic E-state index is 13.4. The fraction of sp³-hybridized carbons (Fsp3) is 0.385. The molecule has 0 radical (unpaired) electrons. The highest BCUT2D eigenvalue weighted by molar-refractivity contribution is 7.99. The van der Waals surface area contributed by atoms with Crippen LogP contribution in [0.1, 0.15) is 18.5 Å². The van der Waals surface area contributed by atoms with E-state index in [4.69, 9.17) is 6.42 Å². The minimum absolute atomic E-state index is 0.137. The minimum Gasteiger partial charge on any atom is -0.309 e. The number of hydrogen-bond donors (Lipinski definition) is 1. The molecule has 1 aromatic carbocycles. The summed E-state index contributed by atoms with van der Waals surface area (Å²) >= 11 is 1.64. The van der Waals surface area contributed by atoms with Gasteiger partial charge in [0.25, 0.3) is 0 Å². The monoisotopic (exact) mass is 255 g/mol. The first-order chi connectivity index (χ1) is 8.15. The first-order valence-electron chi connectivity index (χ1n) is 5.34. The molecular weight excluding hydrogens is 240 g/mol. The maximum Gasteiger partial charge on any atom is 0.130 e. The SMILES string of the molecule is C#CCSCCNC(C)c1ccc(F)cc1F.